The fourth-order valence-corrected chi connectivity index (χ4v) is 3.13. The second-order valence-corrected chi connectivity index (χ2v) is 6.89. The zero-order valence-electron chi connectivity index (χ0n) is 16.2. The maximum absolute atomic E-state index is 13.1. The van der Waals surface area contributed by atoms with E-state index >= 15 is 0 Å². The number of nitrogens with one attached hydrogen (secondary N) is 1. The number of benzene rings is 2. The molecule has 0 saturated heterocycles. The van der Waals surface area contributed by atoms with Gasteiger partial charge in [-0.1, -0.05) is 29.4 Å². The standard InChI is InChI=1S/C21H21F4N3O2/c1-2-26-20(29)28(12-14-4-3-5-16(10-14)21(23,24)25)13-18-11-19(27-30-18)15-6-8-17(22)9-7-15/h3-10,18H,2,11-13H2,1H3,(H,26,29)/t18-/m0/s1. The van der Waals surface area contributed by atoms with Gasteiger partial charge < -0.3 is 15.1 Å². The number of carbonyl (C=O) groups excluding carboxylic acids is 1. The Bertz CT molecular complexity index is 913. The molecule has 1 heterocycles. The Hall–Kier alpha value is -3.10. The van der Waals surface area contributed by atoms with Crippen LogP contribution in [0, 0.1) is 5.82 Å². The molecule has 160 valence electrons. The van der Waals surface area contributed by atoms with Gasteiger partial charge in [0.15, 0.2) is 6.10 Å². The van der Waals surface area contributed by atoms with Gasteiger partial charge in [0, 0.05) is 19.5 Å². The van der Waals surface area contributed by atoms with E-state index in [9.17, 15) is 22.4 Å². The number of hydrogen-bond acceptors (Lipinski definition) is 3. The summed E-state index contributed by atoms with van der Waals surface area (Å²) in [6, 6.07) is 10.3. The summed E-state index contributed by atoms with van der Waals surface area (Å²) in [7, 11) is 0. The Morgan fingerprint density at radius 2 is 1.97 bits per heavy atom. The van der Waals surface area contributed by atoms with E-state index < -0.39 is 23.9 Å². The Labute approximate surface area is 171 Å². The van der Waals surface area contributed by atoms with E-state index in [1.165, 1.54) is 29.2 Å². The van der Waals surface area contributed by atoms with E-state index in [0.717, 1.165) is 12.1 Å². The minimum atomic E-state index is -4.46. The number of rotatable bonds is 6. The summed E-state index contributed by atoms with van der Waals surface area (Å²) in [5, 5.41) is 6.68. The molecule has 30 heavy (non-hydrogen) atoms. The van der Waals surface area contributed by atoms with Crippen LogP contribution < -0.4 is 5.32 Å². The van der Waals surface area contributed by atoms with Crippen LogP contribution in [0.2, 0.25) is 0 Å². The van der Waals surface area contributed by atoms with E-state index in [1.54, 1.807) is 19.1 Å². The highest BCUT2D eigenvalue weighted by atomic mass is 19.4. The van der Waals surface area contributed by atoms with Crippen molar-refractivity contribution in [2.24, 2.45) is 5.16 Å². The Morgan fingerprint density at radius 3 is 2.63 bits per heavy atom. The summed E-state index contributed by atoms with van der Waals surface area (Å²) in [6.07, 6.45) is -4.53. The number of nitrogens with zero attached hydrogens (tertiary/aromatic N) is 2. The van der Waals surface area contributed by atoms with Crippen molar-refractivity contribution in [1.29, 1.82) is 0 Å². The lowest BCUT2D eigenvalue weighted by Crippen LogP contribution is -2.43. The van der Waals surface area contributed by atoms with E-state index in [1.807, 2.05) is 0 Å². The molecule has 1 aliphatic rings. The average Bonchev–Trinajstić information content (AvgIpc) is 3.16. The molecule has 0 spiro atoms. The highest BCUT2D eigenvalue weighted by Crippen LogP contribution is 2.30. The van der Waals surface area contributed by atoms with Crippen molar-refractivity contribution < 1.29 is 27.2 Å². The number of urea groups is 1. The molecule has 2 aromatic rings. The largest absolute Gasteiger partial charge is 0.416 e. The Balaban J connectivity index is 1.69. The van der Waals surface area contributed by atoms with E-state index in [2.05, 4.69) is 10.5 Å². The van der Waals surface area contributed by atoms with Gasteiger partial charge in [-0.25, -0.2) is 9.18 Å². The quantitative estimate of drug-likeness (QED) is 0.692. The molecule has 0 bridgehead atoms. The molecule has 1 aliphatic heterocycles. The first kappa shape index (κ1) is 21.6. The Morgan fingerprint density at radius 1 is 1.23 bits per heavy atom. The molecule has 0 saturated carbocycles. The first-order valence-corrected chi connectivity index (χ1v) is 9.43. The van der Waals surface area contributed by atoms with Gasteiger partial charge in [-0.2, -0.15) is 13.2 Å². The third kappa shape index (κ3) is 5.49. The Kier molecular flexibility index (Phi) is 6.59. The van der Waals surface area contributed by atoms with Gasteiger partial charge in [-0.15, -0.1) is 0 Å². The summed E-state index contributed by atoms with van der Waals surface area (Å²) in [5.74, 6) is -0.363. The van der Waals surface area contributed by atoms with Gasteiger partial charge in [0.2, 0.25) is 0 Å². The molecule has 9 heteroatoms. The van der Waals surface area contributed by atoms with Gasteiger partial charge in [-0.05, 0) is 42.3 Å². The first-order valence-electron chi connectivity index (χ1n) is 9.43. The maximum atomic E-state index is 13.1. The third-order valence-electron chi connectivity index (χ3n) is 4.58. The molecular weight excluding hydrogens is 402 g/mol. The van der Waals surface area contributed by atoms with Crippen LogP contribution in [0.4, 0.5) is 22.4 Å². The molecule has 0 fully saturated rings. The van der Waals surface area contributed by atoms with Gasteiger partial charge >= 0.3 is 12.2 Å². The third-order valence-corrected chi connectivity index (χ3v) is 4.58. The van der Waals surface area contributed by atoms with Crippen LogP contribution >= 0.6 is 0 Å². The summed E-state index contributed by atoms with van der Waals surface area (Å²) < 4.78 is 52.1. The number of carbonyl (C=O) groups is 1. The lowest BCUT2D eigenvalue weighted by molar-refractivity contribution is -0.137. The molecule has 1 N–H and O–H groups in total. The van der Waals surface area contributed by atoms with Crippen LogP contribution in [-0.4, -0.2) is 35.8 Å². The smallest absolute Gasteiger partial charge is 0.390 e. The topological polar surface area (TPSA) is 53.9 Å². The fraction of sp³-hybridized carbons (Fsp3) is 0.333. The molecule has 5 nitrogen and oxygen atoms in total. The van der Waals surface area contributed by atoms with Gasteiger partial charge in [0.1, 0.15) is 5.82 Å². The fourth-order valence-electron chi connectivity index (χ4n) is 3.13. The summed E-state index contributed by atoms with van der Waals surface area (Å²) in [5.41, 5.74) is 0.917. The second kappa shape index (κ2) is 9.15. The highest BCUT2D eigenvalue weighted by molar-refractivity contribution is 6.01. The number of hydrogen-bond donors (Lipinski definition) is 1. The van der Waals surface area contributed by atoms with Crippen molar-refractivity contribution in [1.82, 2.24) is 10.2 Å². The second-order valence-electron chi connectivity index (χ2n) is 6.89. The number of halogens is 4. The molecule has 0 radical (unpaired) electrons. The van der Waals surface area contributed by atoms with Crippen LogP contribution in [0.1, 0.15) is 30.0 Å². The van der Waals surface area contributed by atoms with Crippen LogP contribution in [0.15, 0.2) is 53.7 Å². The molecule has 2 aromatic carbocycles. The van der Waals surface area contributed by atoms with Crippen LogP contribution in [0.5, 0.6) is 0 Å². The van der Waals surface area contributed by atoms with Crippen LogP contribution in [0.25, 0.3) is 0 Å². The normalized spacial score (nSPS) is 16.0. The predicted molar refractivity (Wildman–Crippen MR) is 103 cm³/mol. The minimum Gasteiger partial charge on any atom is -0.390 e. The molecule has 2 amide bonds. The van der Waals surface area contributed by atoms with Crippen LogP contribution in [-0.2, 0) is 17.6 Å². The minimum absolute atomic E-state index is 0.0124. The lowest BCUT2D eigenvalue weighted by Gasteiger charge is -2.25. The van der Waals surface area contributed by atoms with E-state index in [4.69, 9.17) is 4.84 Å². The molecular formula is C21H21F4N3O2. The van der Waals surface area contributed by atoms with E-state index in [-0.39, 0.29) is 18.9 Å². The van der Waals surface area contributed by atoms with Gasteiger partial charge in [0.05, 0.1) is 17.8 Å². The predicted octanol–water partition coefficient (Wildman–Crippen LogP) is 4.57. The van der Waals surface area contributed by atoms with E-state index in [0.29, 0.717) is 29.8 Å². The van der Waals surface area contributed by atoms with Gasteiger partial charge in [-0.3, -0.25) is 0 Å². The van der Waals surface area contributed by atoms with Crippen molar-refractivity contribution >= 4 is 11.7 Å². The zero-order chi connectivity index (χ0) is 21.7. The summed E-state index contributed by atoms with van der Waals surface area (Å²) >= 11 is 0. The van der Waals surface area contributed by atoms with Crippen molar-refractivity contribution in [2.45, 2.75) is 32.2 Å². The highest BCUT2D eigenvalue weighted by Gasteiger charge is 2.31. The van der Waals surface area contributed by atoms with Crippen molar-refractivity contribution in [3.8, 4) is 0 Å². The van der Waals surface area contributed by atoms with Crippen molar-refractivity contribution in [3.63, 3.8) is 0 Å². The summed E-state index contributed by atoms with van der Waals surface area (Å²) in [4.78, 5) is 19.3. The molecule has 0 aromatic heterocycles. The van der Waals surface area contributed by atoms with Crippen molar-refractivity contribution in [3.05, 3.63) is 71.0 Å². The van der Waals surface area contributed by atoms with Crippen molar-refractivity contribution in [2.75, 3.05) is 13.1 Å². The number of amides is 2. The zero-order valence-corrected chi connectivity index (χ0v) is 16.2. The maximum Gasteiger partial charge on any atom is 0.416 e. The summed E-state index contributed by atoms with van der Waals surface area (Å²) in [6.45, 7) is 2.25. The van der Waals surface area contributed by atoms with Gasteiger partial charge in [0.25, 0.3) is 0 Å². The lowest BCUT2D eigenvalue weighted by atomic mass is 10.0. The first-order chi connectivity index (χ1) is 14.3. The van der Waals surface area contributed by atoms with Crippen LogP contribution in [0.3, 0.4) is 0 Å². The number of alkyl halides is 3. The monoisotopic (exact) mass is 423 g/mol. The molecule has 0 aliphatic carbocycles. The molecule has 3 rings (SSSR count). The SMILES string of the molecule is CCNC(=O)N(Cc1cccc(C(F)(F)F)c1)C[C@@H]1CC(c2ccc(F)cc2)=NO1. The number of oxime groups is 1. The molecule has 0 unspecified atom stereocenters. The molecule has 1 atom stereocenters. The average molecular weight is 423 g/mol.